The number of carbonyl (C=O) groups excluding carboxylic acids is 1. The number of nitrogens with zero attached hydrogens (tertiary/aromatic N) is 3. The summed E-state index contributed by atoms with van der Waals surface area (Å²) in [6.45, 7) is 0. The molecule has 0 aromatic carbocycles. The monoisotopic (exact) mass is 244 g/mol. The van der Waals surface area contributed by atoms with Crippen LogP contribution in [0, 0.1) is 10.1 Å². The Morgan fingerprint density at radius 3 is 3.00 bits per heavy atom. The summed E-state index contributed by atoms with van der Waals surface area (Å²) in [5.74, 6) is 0.205. The molecule has 0 bridgehead atoms. The average Bonchev–Trinajstić information content (AvgIpc) is 2.76. The number of nitrogens with one attached hydrogen (secondary N) is 1. The number of amides is 1. The molecule has 1 aliphatic rings. The predicted octanol–water partition coefficient (Wildman–Crippen LogP) is 0.902. The summed E-state index contributed by atoms with van der Waals surface area (Å²) < 4.78 is 0. The summed E-state index contributed by atoms with van der Waals surface area (Å²) in [4.78, 5) is 28.4. The Morgan fingerprint density at radius 2 is 2.47 bits per heavy atom. The van der Waals surface area contributed by atoms with E-state index in [1.165, 1.54) is 11.8 Å². The van der Waals surface area contributed by atoms with E-state index in [0.29, 0.717) is 10.9 Å². The maximum absolute atomic E-state index is 10.8. The lowest BCUT2D eigenvalue weighted by Gasteiger charge is -1.90. The lowest BCUT2D eigenvalue weighted by molar-refractivity contribution is -0.380. The smallest absolute Gasteiger partial charge is 0.304 e. The lowest BCUT2D eigenvalue weighted by atomic mass is 10.7. The topological polar surface area (TPSA) is 97.5 Å². The highest BCUT2D eigenvalue weighted by Crippen LogP contribution is 2.28. The van der Waals surface area contributed by atoms with Crippen LogP contribution in [0.4, 0.5) is 10.1 Å². The normalized spacial score (nSPS) is 18.1. The summed E-state index contributed by atoms with van der Waals surface area (Å²) in [5.41, 5.74) is 0. The van der Waals surface area contributed by atoms with E-state index in [4.69, 9.17) is 0 Å². The zero-order valence-electron chi connectivity index (χ0n) is 7.17. The first-order valence-corrected chi connectivity index (χ1v) is 5.57. The maximum atomic E-state index is 10.8. The Labute approximate surface area is 91.8 Å². The third-order valence-electron chi connectivity index (χ3n) is 1.44. The zero-order valence-corrected chi connectivity index (χ0v) is 8.80. The van der Waals surface area contributed by atoms with Gasteiger partial charge in [-0.05, 0) is 11.3 Å². The molecule has 0 unspecified atom stereocenters. The van der Waals surface area contributed by atoms with Crippen molar-refractivity contribution in [1.29, 1.82) is 0 Å². The van der Waals surface area contributed by atoms with E-state index in [1.54, 1.807) is 0 Å². The van der Waals surface area contributed by atoms with Crippen LogP contribution in [-0.4, -0.2) is 26.7 Å². The Balaban J connectivity index is 2.17. The molecule has 7 nitrogen and oxygen atoms in total. The Morgan fingerprint density at radius 1 is 1.67 bits per heavy atom. The zero-order chi connectivity index (χ0) is 10.8. The van der Waals surface area contributed by atoms with Crippen molar-refractivity contribution in [3.8, 4) is 0 Å². The highest BCUT2D eigenvalue weighted by atomic mass is 32.2. The third-order valence-corrected chi connectivity index (χ3v) is 3.16. The molecule has 1 aromatic heterocycles. The molecule has 1 fully saturated rings. The number of hydrogen-bond donors (Lipinski definition) is 1. The Kier molecular flexibility index (Phi) is 2.64. The number of aliphatic imine (C=N–C) groups is 1. The first-order chi connectivity index (χ1) is 7.15. The maximum Gasteiger partial charge on any atom is 0.345 e. The first kappa shape index (κ1) is 10.1. The van der Waals surface area contributed by atoms with Crippen LogP contribution < -0.4 is 5.32 Å². The van der Waals surface area contributed by atoms with Gasteiger partial charge in [-0.2, -0.15) is 4.99 Å². The van der Waals surface area contributed by atoms with Gasteiger partial charge < -0.3 is 5.32 Å². The molecule has 78 valence electrons. The molecule has 1 aromatic rings. The van der Waals surface area contributed by atoms with Crippen molar-refractivity contribution < 1.29 is 9.72 Å². The van der Waals surface area contributed by atoms with E-state index in [1.807, 2.05) is 0 Å². The van der Waals surface area contributed by atoms with Crippen LogP contribution in [0.5, 0.6) is 0 Å². The molecule has 15 heavy (non-hydrogen) atoms. The summed E-state index contributed by atoms with van der Waals surface area (Å²) >= 11 is 2.12. The molecule has 9 heteroatoms. The van der Waals surface area contributed by atoms with E-state index in [2.05, 4.69) is 15.3 Å². The molecule has 0 aliphatic carbocycles. The van der Waals surface area contributed by atoms with E-state index in [0.717, 1.165) is 17.5 Å². The molecule has 0 radical (unpaired) electrons. The minimum absolute atomic E-state index is 0.0660. The van der Waals surface area contributed by atoms with Crippen LogP contribution >= 0.6 is 23.1 Å². The Hall–Kier alpha value is -1.48. The van der Waals surface area contributed by atoms with Crippen molar-refractivity contribution in [2.24, 2.45) is 4.99 Å². The fraction of sp³-hybridized carbons (Fsp3) is 0.167. The minimum atomic E-state index is -0.526. The lowest BCUT2D eigenvalue weighted by Crippen LogP contribution is -2.19. The SMILES string of the molecule is O=C1CSC(=Nc2ncc([N+](=O)[O-])s2)N1. The van der Waals surface area contributed by atoms with Gasteiger partial charge in [0.1, 0.15) is 6.20 Å². The Bertz CT molecular complexity index is 455. The van der Waals surface area contributed by atoms with Crippen LogP contribution in [0.2, 0.25) is 0 Å². The molecule has 0 spiro atoms. The highest BCUT2D eigenvalue weighted by molar-refractivity contribution is 8.15. The number of aromatic nitrogens is 1. The predicted molar refractivity (Wildman–Crippen MR) is 56.5 cm³/mol. The van der Waals surface area contributed by atoms with E-state index >= 15 is 0 Å². The number of hydrogen-bond acceptors (Lipinski definition) is 7. The van der Waals surface area contributed by atoms with Crippen LogP contribution in [0.25, 0.3) is 0 Å². The van der Waals surface area contributed by atoms with Crippen LogP contribution in [0.15, 0.2) is 11.2 Å². The minimum Gasteiger partial charge on any atom is -0.304 e. The van der Waals surface area contributed by atoms with Gasteiger partial charge in [0.15, 0.2) is 5.17 Å². The van der Waals surface area contributed by atoms with Crippen molar-refractivity contribution in [1.82, 2.24) is 10.3 Å². The van der Waals surface area contributed by atoms with Crippen LogP contribution in [0.3, 0.4) is 0 Å². The molecule has 2 heterocycles. The van der Waals surface area contributed by atoms with Gasteiger partial charge in [-0.15, -0.1) is 0 Å². The van der Waals surface area contributed by atoms with Crippen LogP contribution in [-0.2, 0) is 4.79 Å². The second kappa shape index (κ2) is 3.95. The van der Waals surface area contributed by atoms with Gasteiger partial charge in [0.05, 0.1) is 10.7 Å². The number of thiazole rings is 1. The molecule has 0 atom stereocenters. The number of thioether (sulfide) groups is 1. The molecular formula is C6H4N4O3S2. The second-order valence-electron chi connectivity index (χ2n) is 2.49. The van der Waals surface area contributed by atoms with Crippen LogP contribution in [0.1, 0.15) is 0 Å². The first-order valence-electron chi connectivity index (χ1n) is 3.77. The second-order valence-corrected chi connectivity index (χ2v) is 4.44. The quantitative estimate of drug-likeness (QED) is 0.615. The average molecular weight is 244 g/mol. The van der Waals surface area contributed by atoms with Gasteiger partial charge in [0.25, 0.3) is 0 Å². The third kappa shape index (κ3) is 2.30. The standard InChI is InChI=1S/C6H4N4O3S2/c11-3-2-14-6(8-3)9-5-7-1-4(15-5)10(12)13/h1H,2H2,(H,7,8,9,11). The number of carbonyl (C=O) groups is 1. The molecule has 1 N–H and O–H groups in total. The summed E-state index contributed by atoms with van der Waals surface area (Å²) in [6, 6.07) is 0. The number of amidine groups is 1. The summed E-state index contributed by atoms with van der Waals surface area (Å²) in [7, 11) is 0. The van der Waals surface area contributed by atoms with Gasteiger partial charge in [-0.3, -0.25) is 14.9 Å². The largest absolute Gasteiger partial charge is 0.345 e. The number of nitro groups is 1. The summed E-state index contributed by atoms with van der Waals surface area (Å²) in [6.07, 6.45) is 1.14. The molecule has 2 rings (SSSR count). The van der Waals surface area contributed by atoms with E-state index in [9.17, 15) is 14.9 Å². The molecule has 1 saturated heterocycles. The molecule has 0 saturated carbocycles. The fourth-order valence-corrected chi connectivity index (χ4v) is 2.21. The van der Waals surface area contributed by atoms with Crippen molar-refractivity contribution in [2.75, 3.05) is 5.75 Å². The highest BCUT2D eigenvalue weighted by Gasteiger charge is 2.18. The van der Waals surface area contributed by atoms with Crippen molar-refractivity contribution in [3.05, 3.63) is 16.3 Å². The van der Waals surface area contributed by atoms with Gasteiger partial charge in [0, 0.05) is 0 Å². The van der Waals surface area contributed by atoms with Gasteiger partial charge in [-0.25, -0.2) is 4.98 Å². The summed E-state index contributed by atoms with van der Waals surface area (Å²) in [5, 5.41) is 13.5. The van der Waals surface area contributed by atoms with Crippen molar-refractivity contribution in [3.63, 3.8) is 0 Å². The molecular weight excluding hydrogens is 240 g/mol. The fourth-order valence-electron chi connectivity index (χ4n) is 0.865. The van der Waals surface area contributed by atoms with Gasteiger partial charge in [-0.1, -0.05) is 11.8 Å². The number of rotatable bonds is 2. The van der Waals surface area contributed by atoms with E-state index < -0.39 is 4.92 Å². The van der Waals surface area contributed by atoms with Gasteiger partial charge >= 0.3 is 5.00 Å². The van der Waals surface area contributed by atoms with Crippen molar-refractivity contribution in [2.45, 2.75) is 0 Å². The molecule has 1 amide bonds. The van der Waals surface area contributed by atoms with E-state index in [-0.39, 0.29) is 16.0 Å². The van der Waals surface area contributed by atoms with Crippen molar-refractivity contribution >= 4 is 44.3 Å². The van der Waals surface area contributed by atoms with Gasteiger partial charge in [0.2, 0.25) is 11.0 Å². The molecule has 1 aliphatic heterocycles.